The first-order valence-electron chi connectivity index (χ1n) is 6.59. The maximum Gasteiger partial charge on any atom is 0.337 e. The molecule has 0 saturated heterocycles. The first-order chi connectivity index (χ1) is 8.92. The molecule has 0 bridgehead atoms. The summed E-state index contributed by atoms with van der Waals surface area (Å²) in [4.78, 5) is 11.3. The minimum absolute atomic E-state index is 0.285. The third-order valence-electron chi connectivity index (χ3n) is 2.61. The lowest BCUT2D eigenvalue weighted by Crippen LogP contribution is -2.16. The largest absolute Gasteiger partial charge is 0.465 e. The van der Waals surface area contributed by atoms with Crippen molar-refractivity contribution in [2.75, 3.05) is 7.11 Å². The number of hydrogen-bond donors (Lipinski definition) is 0. The number of benzene rings is 1. The Kier molecular flexibility index (Phi) is 5.84. The second kappa shape index (κ2) is 7.15. The van der Waals surface area contributed by atoms with E-state index in [4.69, 9.17) is 0 Å². The van der Waals surface area contributed by atoms with Gasteiger partial charge in [0.15, 0.2) is 0 Å². The number of aryl methyl sites for hydroxylation is 1. The summed E-state index contributed by atoms with van der Waals surface area (Å²) in [6.45, 7) is 6.77. The molecular weight excluding hydrogens is 252 g/mol. The van der Waals surface area contributed by atoms with E-state index in [2.05, 4.69) is 35.8 Å². The summed E-state index contributed by atoms with van der Waals surface area (Å²) >= 11 is 0. The molecule has 0 saturated carbocycles. The summed E-state index contributed by atoms with van der Waals surface area (Å²) in [5, 5.41) is 0. The summed E-state index contributed by atoms with van der Waals surface area (Å²) in [5.74, 6) is 2.99. The number of esters is 1. The van der Waals surface area contributed by atoms with Crippen LogP contribution in [-0.2, 0) is 11.2 Å². The maximum absolute atomic E-state index is 11.3. The fourth-order valence-corrected chi connectivity index (χ4v) is 2.29. The van der Waals surface area contributed by atoms with Crippen LogP contribution in [-0.4, -0.2) is 21.2 Å². The van der Waals surface area contributed by atoms with E-state index in [1.165, 1.54) is 12.7 Å². The van der Waals surface area contributed by atoms with Crippen LogP contribution in [0.2, 0.25) is 19.6 Å². The topological polar surface area (TPSA) is 26.3 Å². The van der Waals surface area contributed by atoms with Crippen LogP contribution < -0.4 is 0 Å². The molecule has 0 heterocycles. The second-order valence-corrected chi connectivity index (χ2v) is 10.3. The zero-order valence-electron chi connectivity index (χ0n) is 12.2. The average molecular weight is 274 g/mol. The maximum atomic E-state index is 11.3. The number of hydrogen-bond acceptors (Lipinski definition) is 2. The molecule has 0 N–H and O–H groups in total. The normalized spacial score (nSPS) is 10.5. The van der Waals surface area contributed by atoms with E-state index in [9.17, 15) is 4.79 Å². The molecule has 0 radical (unpaired) electrons. The Morgan fingerprint density at radius 2 is 1.84 bits per heavy atom. The predicted octanol–water partition coefficient (Wildman–Crippen LogP) is 3.68. The minimum Gasteiger partial charge on any atom is -0.465 e. The van der Waals surface area contributed by atoms with Crippen molar-refractivity contribution < 1.29 is 9.53 Å². The summed E-state index contributed by atoms with van der Waals surface area (Å²) < 4.78 is 4.67. The van der Waals surface area contributed by atoms with Gasteiger partial charge in [0, 0.05) is 6.42 Å². The van der Waals surface area contributed by atoms with Crippen LogP contribution in [0, 0.1) is 11.5 Å². The third-order valence-corrected chi connectivity index (χ3v) is 3.53. The smallest absolute Gasteiger partial charge is 0.337 e. The van der Waals surface area contributed by atoms with Crippen molar-refractivity contribution in [2.24, 2.45) is 0 Å². The monoisotopic (exact) mass is 274 g/mol. The van der Waals surface area contributed by atoms with Gasteiger partial charge in [-0.15, -0.1) is 11.5 Å². The van der Waals surface area contributed by atoms with Crippen LogP contribution in [0.3, 0.4) is 0 Å². The van der Waals surface area contributed by atoms with Gasteiger partial charge in [-0.05, 0) is 30.5 Å². The number of rotatable bonds is 4. The van der Waals surface area contributed by atoms with E-state index in [0.717, 1.165) is 19.3 Å². The van der Waals surface area contributed by atoms with Crippen molar-refractivity contribution in [1.82, 2.24) is 0 Å². The summed E-state index contributed by atoms with van der Waals surface area (Å²) in [6.07, 6.45) is 3.01. The molecule has 0 aromatic heterocycles. The first kappa shape index (κ1) is 15.5. The molecule has 0 spiro atoms. The van der Waals surface area contributed by atoms with Crippen molar-refractivity contribution in [3.05, 3.63) is 35.4 Å². The number of methoxy groups -OCH3 is 1. The van der Waals surface area contributed by atoms with Gasteiger partial charge in [0.25, 0.3) is 0 Å². The van der Waals surface area contributed by atoms with Crippen LogP contribution >= 0.6 is 0 Å². The molecule has 0 aliphatic rings. The highest BCUT2D eigenvalue weighted by atomic mass is 28.3. The lowest BCUT2D eigenvalue weighted by molar-refractivity contribution is 0.0600. The average Bonchev–Trinajstić information content (AvgIpc) is 2.37. The molecule has 1 aromatic rings. The molecule has 0 aliphatic carbocycles. The van der Waals surface area contributed by atoms with E-state index in [1.807, 2.05) is 24.3 Å². The molecule has 0 fully saturated rings. The van der Waals surface area contributed by atoms with Gasteiger partial charge in [-0.1, -0.05) is 31.8 Å². The SMILES string of the molecule is COC(=O)c1ccc(CCCC#C[Si](C)(C)C)cc1. The number of ether oxygens (including phenoxy) is 1. The third kappa shape index (κ3) is 6.26. The highest BCUT2D eigenvalue weighted by molar-refractivity contribution is 6.83. The molecule has 1 rings (SSSR count). The zero-order chi connectivity index (χ0) is 14.3. The molecule has 19 heavy (non-hydrogen) atoms. The number of carbonyl (C=O) groups excluding carboxylic acids is 1. The van der Waals surface area contributed by atoms with E-state index in [0.29, 0.717) is 5.56 Å². The van der Waals surface area contributed by atoms with Crippen LogP contribution in [0.5, 0.6) is 0 Å². The molecule has 0 atom stereocenters. The van der Waals surface area contributed by atoms with Crippen LogP contribution in [0.4, 0.5) is 0 Å². The van der Waals surface area contributed by atoms with Crippen LogP contribution in [0.25, 0.3) is 0 Å². The fraction of sp³-hybridized carbons (Fsp3) is 0.438. The Balaban J connectivity index is 2.42. The number of unbranched alkanes of at least 4 members (excludes halogenated alkanes) is 1. The van der Waals surface area contributed by atoms with E-state index in [-0.39, 0.29) is 5.97 Å². The van der Waals surface area contributed by atoms with Crippen LogP contribution in [0.15, 0.2) is 24.3 Å². The van der Waals surface area contributed by atoms with Gasteiger partial charge >= 0.3 is 5.97 Å². The van der Waals surface area contributed by atoms with Crippen molar-refractivity contribution >= 4 is 14.0 Å². The van der Waals surface area contributed by atoms with Gasteiger partial charge in [-0.3, -0.25) is 0 Å². The molecule has 3 heteroatoms. The van der Waals surface area contributed by atoms with Gasteiger partial charge in [0.05, 0.1) is 12.7 Å². The molecule has 0 unspecified atom stereocenters. The standard InChI is InChI=1S/C16H22O2Si/c1-18-16(17)15-11-9-14(10-12-15)8-6-5-7-13-19(2,3)4/h9-12H,5-6,8H2,1-4H3. The lowest BCUT2D eigenvalue weighted by Gasteiger charge is -2.04. The Morgan fingerprint density at radius 3 is 2.37 bits per heavy atom. The quantitative estimate of drug-likeness (QED) is 0.362. The van der Waals surface area contributed by atoms with E-state index < -0.39 is 8.07 Å². The zero-order valence-corrected chi connectivity index (χ0v) is 13.2. The first-order valence-corrected chi connectivity index (χ1v) is 10.1. The Morgan fingerprint density at radius 1 is 1.21 bits per heavy atom. The van der Waals surface area contributed by atoms with Gasteiger partial charge in [-0.25, -0.2) is 4.79 Å². The Bertz CT molecular complexity index is 472. The molecular formula is C16H22O2Si. The van der Waals surface area contributed by atoms with Gasteiger partial charge < -0.3 is 4.74 Å². The highest BCUT2D eigenvalue weighted by Crippen LogP contribution is 2.09. The highest BCUT2D eigenvalue weighted by Gasteiger charge is 2.07. The van der Waals surface area contributed by atoms with Crippen molar-refractivity contribution in [3.63, 3.8) is 0 Å². The van der Waals surface area contributed by atoms with Gasteiger partial charge in [-0.2, -0.15) is 0 Å². The molecule has 2 nitrogen and oxygen atoms in total. The Hall–Kier alpha value is -1.53. The van der Waals surface area contributed by atoms with Gasteiger partial charge in [0.2, 0.25) is 0 Å². The lowest BCUT2D eigenvalue weighted by atomic mass is 10.1. The summed E-state index contributed by atoms with van der Waals surface area (Å²) in [6, 6.07) is 7.60. The van der Waals surface area contributed by atoms with E-state index in [1.54, 1.807) is 0 Å². The van der Waals surface area contributed by atoms with Gasteiger partial charge in [0.1, 0.15) is 8.07 Å². The van der Waals surface area contributed by atoms with E-state index >= 15 is 0 Å². The number of carbonyl (C=O) groups is 1. The Labute approximate surface area is 117 Å². The van der Waals surface area contributed by atoms with Crippen molar-refractivity contribution in [1.29, 1.82) is 0 Å². The molecule has 1 aromatic carbocycles. The minimum atomic E-state index is -1.22. The predicted molar refractivity (Wildman–Crippen MR) is 81.8 cm³/mol. The summed E-state index contributed by atoms with van der Waals surface area (Å²) in [5.41, 5.74) is 5.21. The van der Waals surface area contributed by atoms with Crippen LogP contribution in [0.1, 0.15) is 28.8 Å². The fourth-order valence-electron chi connectivity index (χ4n) is 1.63. The van der Waals surface area contributed by atoms with Crippen molar-refractivity contribution in [3.8, 4) is 11.5 Å². The molecule has 0 amide bonds. The van der Waals surface area contributed by atoms with Crippen molar-refractivity contribution in [2.45, 2.75) is 38.9 Å². The second-order valence-electron chi connectivity index (χ2n) is 5.59. The summed E-state index contributed by atoms with van der Waals surface area (Å²) in [7, 11) is 0.173. The molecule has 102 valence electrons. The molecule has 0 aliphatic heterocycles.